The van der Waals surface area contributed by atoms with E-state index in [1.54, 1.807) is 0 Å². The van der Waals surface area contributed by atoms with Crippen LogP contribution in [0, 0.1) is 5.92 Å². The summed E-state index contributed by atoms with van der Waals surface area (Å²) in [6.45, 7) is 7.79. The number of rotatable bonds is 4. The first-order valence-electron chi connectivity index (χ1n) is 6.93. The molecule has 2 fully saturated rings. The summed E-state index contributed by atoms with van der Waals surface area (Å²) in [5.41, 5.74) is 0. The third-order valence-electron chi connectivity index (χ3n) is 4.13. The minimum absolute atomic E-state index is 0.675. The second-order valence-electron chi connectivity index (χ2n) is 5.61. The van der Waals surface area contributed by atoms with Crippen molar-refractivity contribution in [1.29, 1.82) is 0 Å². The Balaban J connectivity index is 1.63. The Morgan fingerprint density at radius 3 is 2.65 bits per heavy atom. The fourth-order valence-electron chi connectivity index (χ4n) is 2.73. The summed E-state index contributed by atoms with van der Waals surface area (Å²) in [4.78, 5) is 4.91. The van der Waals surface area contributed by atoms with E-state index in [1.165, 1.54) is 32.5 Å². The molecule has 4 nitrogen and oxygen atoms in total. The van der Waals surface area contributed by atoms with Crippen LogP contribution in [-0.2, 0) is 4.74 Å². The molecule has 0 aromatic rings. The quantitative estimate of drug-likeness (QED) is 0.763. The van der Waals surface area contributed by atoms with E-state index in [2.05, 4.69) is 29.2 Å². The zero-order chi connectivity index (χ0) is 12.1. The van der Waals surface area contributed by atoms with E-state index < -0.39 is 0 Å². The van der Waals surface area contributed by atoms with Crippen molar-refractivity contribution in [2.24, 2.45) is 5.92 Å². The van der Waals surface area contributed by atoms with Crippen LogP contribution in [0.1, 0.15) is 12.8 Å². The van der Waals surface area contributed by atoms with Crippen LogP contribution in [0.25, 0.3) is 0 Å². The van der Waals surface area contributed by atoms with E-state index in [0.717, 1.165) is 32.2 Å². The molecule has 0 aromatic heterocycles. The first-order chi connectivity index (χ1) is 8.25. The van der Waals surface area contributed by atoms with E-state index in [9.17, 15) is 0 Å². The van der Waals surface area contributed by atoms with Crippen LogP contribution < -0.4 is 5.32 Å². The Kier molecular flexibility index (Phi) is 5.22. The van der Waals surface area contributed by atoms with Gasteiger partial charge in [-0.1, -0.05) is 0 Å². The Labute approximate surface area is 105 Å². The first-order valence-corrected chi connectivity index (χ1v) is 6.93. The van der Waals surface area contributed by atoms with Gasteiger partial charge in [0.1, 0.15) is 0 Å². The summed E-state index contributed by atoms with van der Waals surface area (Å²) >= 11 is 0. The fourth-order valence-corrected chi connectivity index (χ4v) is 2.73. The molecular formula is C13H27N3O. The van der Waals surface area contributed by atoms with Gasteiger partial charge in [-0.2, -0.15) is 0 Å². The molecule has 100 valence electrons. The standard InChI is InChI=1S/C13H27N3O/c1-15-5-6-16(2)13(11-15)10-14-9-12-3-7-17-8-4-12/h12-14H,3-11H2,1-2H3. The maximum absolute atomic E-state index is 5.38. The summed E-state index contributed by atoms with van der Waals surface area (Å²) < 4.78 is 5.38. The van der Waals surface area contributed by atoms with Crippen molar-refractivity contribution < 1.29 is 4.74 Å². The summed E-state index contributed by atoms with van der Waals surface area (Å²) in [6, 6.07) is 0.675. The molecule has 2 saturated heterocycles. The molecule has 2 heterocycles. The minimum atomic E-state index is 0.675. The number of piperazine rings is 1. The van der Waals surface area contributed by atoms with Crippen LogP contribution in [0.4, 0.5) is 0 Å². The van der Waals surface area contributed by atoms with Gasteiger partial charge in [-0.15, -0.1) is 0 Å². The first kappa shape index (κ1) is 13.3. The van der Waals surface area contributed by atoms with Crippen molar-refractivity contribution in [3.05, 3.63) is 0 Å². The van der Waals surface area contributed by atoms with Gasteiger partial charge in [0.05, 0.1) is 0 Å². The molecule has 2 rings (SSSR count). The van der Waals surface area contributed by atoms with E-state index in [0.29, 0.717) is 6.04 Å². The van der Waals surface area contributed by atoms with Gasteiger partial charge in [0.25, 0.3) is 0 Å². The maximum Gasteiger partial charge on any atom is 0.0469 e. The normalized spacial score (nSPS) is 29.6. The molecule has 1 unspecified atom stereocenters. The molecule has 0 radical (unpaired) electrons. The highest BCUT2D eigenvalue weighted by atomic mass is 16.5. The predicted molar refractivity (Wildman–Crippen MR) is 70.3 cm³/mol. The van der Waals surface area contributed by atoms with Crippen LogP contribution in [0.15, 0.2) is 0 Å². The highest BCUT2D eigenvalue weighted by Gasteiger charge is 2.22. The minimum Gasteiger partial charge on any atom is -0.381 e. The van der Waals surface area contributed by atoms with E-state index in [1.807, 2.05) is 0 Å². The molecule has 17 heavy (non-hydrogen) atoms. The van der Waals surface area contributed by atoms with Crippen LogP contribution in [0.2, 0.25) is 0 Å². The molecule has 2 aliphatic heterocycles. The third kappa shape index (κ3) is 4.21. The van der Waals surface area contributed by atoms with Crippen LogP contribution in [0.3, 0.4) is 0 Å². The van der Waals surface area contributed by atoms with Gasteiger partial charge < -0.3 is 15.0 Å². The molecule has 0 saturated carbocycles. The number of hydrogen-bond donors (Lipinski definition) is 1. The second kappa shape index (κ2) is 6.69. The number of ether oxygens (including phenoxy) is 1. The van der Waals surface area contributed by atoms with Crippen molar-refractivity contribution in [1.82, 2.24) is 15.1 Å². The lowest BCUT2D eigenvalue weighted by molar-refractivity contribution is 0.0642. The number of nitrogens with zero attached hydrogens (tertiary/aromatic N) is 2. The lowest BCUT2D eigenvalue weighted by Gasteiger charge is -2.38. The monoisotopic (exact) mass is 241 g/mol. The van der Waals surface area contributed by atoms with E-state index in [4.69, 9.17) is 4.74 Å². The van der Waals surface area contributed by atoms with Crippen molar-refractivity contribution in [2.45, 2.75) is 18.9 Å². The number of likely N-dealkylation sites (N-methyl/N-ethyl adjacent to an activating group) is 2. The molecule has 0 aromatic carbocycles. The van der Waals surface area contributed by atoms with Gasteiger partial charge >= 0.3 is 0 Å². The fraction of sp³-hybridized carbons (Fsp3) is 1.00. The predicted octanol–water partition coefficient (Wildman–Crippen LogP) is 0.248. The molecule has 0 bridgehead atoms. The topological polar surface area (TPSA) is 27.7 Å². The summed E-state index contributed by atoms with van der Waals surface area (Å²) in [5, 5.41) is 3.65. The summed E-state index contributed by atoms with van der Waals surface area (Å²) in [5.74, 6) is 0.829. The molecule has 1 N–H and O–H groups in total. The SMILES string of the molecule is CN1CCN(C)C(CNCC2CCOCC2)C1. The van der Waals surface area contributed by atoms with Gasteiger partial charge in [-0.05, 0) is 39.4 Å². The van der Waals surface area contributed by atoms with Crippen LogP contribution >= 0.6 is 0 Å². The van der Waals surface area contributed by atoms with Crippen molar-refractivity contribution >= 4 is 0 Å². The van der Waals surface area contributed by atoms with Gasteiger partial charge in [-0.3, -0.25) is 4.90 Å². The Hall–Kier alpha value is -0.160. The molecule has 0 spiro atoms. The third-order valence-corrected chi connectivity index (χ3v) is 4.13. The van der Waals surface area contributed by atoms with Crippen molar-refractivity contribution in [3.63, 3.8) is 0 Å². The lowest BCUT2D eigenvalue weighted by Crippen LogP contribution is -2.54. The van der Waals surface area contributed by atoms with E-state index in [-0.39, 0.29) is 0 Å². The van der Waals surface area contributed by atoms with E-state index >= 15 is 0 Å². The van der Waals surface area contributed by atoms with Crippen LogP contribution in [-0.4, -0.2) is 75.9 Å². The lowest BCUT2D eigenvalue weighted by atomic mass is 10.0. The van der Waals surface area contributed by atoms with Crippen LogP contribution in [0.5, 0.6) is 0 Å². The summed E-state index contributed by atoms with van der Waals surface area (Å²) in [7, 11) is 4.46. The van der Waals surface area contributed by atoms with Crippen molar-refractivity contribution in [2.75, 3.05) is 60.0 Å². The average Bonchev–Trinajstić information content (AvgIpc) is 2.35. The maximum atomic E-state index is 5.38. The Morgan fingerprint density at radius 2 is 1.88 bits per heavy atom. The smallest absolute Gasteiger partial charge is 0.0469 e. The van der Waals surface area contributed by atoms with Crippen molar-refractivity contribution in [3.8, 4) is 0 Å². The molecular weight excluding hydrogens is 214 g/mol. The molecule has 2 aliphatic rings. The van der Waals surface area contributed by atoms with Gasteiger partial charge in [0.2, 0.25) is 0 Å². The Bertz CT molecular complexity index is 219. The second-order valence-corrected chi connectivity index (χ2v) is 5.61. The zero-order valence-corrected chi connectivity index (χ0v) is 11.3. The highest BCUT2D eigenvalue weighted by Crippen LogP contribution is 2.13. The van der Waals surface area contributed by atoms with Gasteiger partial charge in [-0.25, -0.2) is 0 Å². The van der Waals surface area contributed by atoms with Gasteiger partial charge in [0, 0.05) is 45.4 Å². The Morgan fingerprint density at radius 1 is 1.12 bits per heavy atom. The largest absolute Gasteiger partial charge is 0.381 e. The molecule has 1 atom stereocenters. The average molecular weight is 241 g/mol. The molecule has 4 heteroatoms. The summed E-state index contributed by atoms with van der Waals surface area (Å²) in [6.07, 6.45) is 2.46. The molecule has 0 aliphatic carbocycles. The molecule has 0 amide bonds. The highest BCUT2D eigenvalue weighted by molar-refractivity contribution is 4.80. The number of hydrogen-bond acceptors (Lipinski definition) is 4. The zero-order valence-electron chi connectivity index (χ0n) is 11.3. The number of nitrogens with one attached hydrogen (secondary N) is 1. The van der Waals surface area contributed by atoms with Gasteiger partial charge in [0.15, 0.2) is 0 Å².